The fraction of sp³-hybridized carbons (Fsp3) is 0.261. The zero-order valence-corrected chi connectivity index (χ0v) is 17.2. The highest BCUT2D eigenvalue weighted by molar-refractivity contribution is 5.95. The number of hydrogen-bond acceptors (Lipinski definition) is 5. The van der Waals surface area contributed by atoms with Crippen molar-refractivity contribution < 1.29 is 14.0 Å². The van der Waals surface area contributed by atoms with E-state index in [1.54, 1.807) is 24.2 Å². The van der Waals surface area contributed by atoms with Gasteiger partial charge < -0.3 is 20.0 Å². The summed E-state index contributed by atoms with van der Waals surface area (Å²) in [6.07, 6.45) is 5.26. The number of aryl methyl sites for hydroxylation is 1. The van der Waals surface area contributed by atoms with Crippen molar-refractivity contribution in [3.63, 3.8) is 0 Å². The predicted molar refractivity (Wildman–Crippen MR) is 117 cm³/mol. The maximum atomic E-state index is 12.7. The molecule has 7 nitrogen and oxygen atoms in total. The Morgan fingerprint density at radius 2 is 2.13 bits per heavy atom. The Bertz CT molecular complexity index is 1150. The highest BCUT2D eigenvalue weighted by Gasteiger charge is 2.22. The molecular formula is C23H24N4O3. The molecule has 1 aromatic carbocycles. The van der Waals surface area contributed by atoms with Crippen LogP contribution in [0.25, 0.3) is 17.0 Å². The van der Waals surface area contributed by atoms with Gasteiger partial charge in [0.25, 0.3) is 0 Å². The van der Waals surface area contributed by atoms with Crippen molar-refractivity contribution >= 4 is 40.4 Å². The molecule has 0 radical (unpaired) electrons. The Morgan fingerprint density at radius 1 is 1.33 bits per heavy atom. The maximum absolute atomic E-state index is 12.7. The van der Waals surface area contributed by atoms with Crippen LogP contribution in [-0.2, 0) is 9.59 Å². The number of pyridine rings is 1. The van der Waals surface area contributed by atoms with Crippen molar-refractivity contribution in [1.82, 2.24) is 9.88 Å². The molecule has 0 bridgehead atoms. The number of benzene rings is 1. The van der Waals surface area contributed by atoms with Crippen molar-refractivity contribution in [2.75, 3.05) is 24.2 Å². The van der Waals surface area contributed by atoms with Gasteiger partial charge in [0.15, 0.2) is 5.82 Å². The van der Waals surface area contributed by atoms with Crippen LogP contribution < -0.4 is 10.6 Å². The van der Waals surface area contributed by atoms with Crippen molar-refractivity contribution in [1.29, 1.82) is 0 Å². The minimum Gasteiger partial charge on any atom is -0.459 e. The number of furan rings is 1. The Labute approximate surface area is 174 Å². The van der Waals surface area contributed by atoms with Crippen molar-refractivity contribution in [2.45, 2.75) is 26.3 Å². The van der Waals surface area contributed by atoms with E-state index in [-0.39, 0.29) is 17.9 Å². The van der Waals surface area contributed by atoms with E-state index in [2.05, 4.69) is 15.6 Å². The third kappa shape index (κ3) is 3.78. The minimum atomic E-state index is -0.211. The second-order valence-electron chi connectivity index (χ2n) is 7.44. The fourth-order valence-corrected chi connectivity index (χ4v) is 3.56. The highest BCUT2D eigenvalue weighted by atomic mass is 16.3. The molecule has 0 aliphatic carbocycles. The topological polar surface area (TPSA) is 87.5 Å². The van der Waals surface area contributed by atoms with E-state index >= 15 is 0 Å². The van der Waals surface area contributed by atoms with Crippen LogP contribution in [-0.4, -0.2) is 35.3 Å². The number of nitrogens with zero attached hydrogens (tertiary/aromatic N) is 2. The molecule has 7 heteroatoms. The summed E-state index contributed by atoms with van der Waals surface area (Å²) in [5.74, 6) is 1.08. The van der Waals surface area contributed by atoms with Gasteiger partial charge in [0, 0.05) is 43.2 Å². The molecule has 0 saturated carbocycles. The molecule has 3 heterocycles. The number of aromatic nitrogens is 1. The number of fused-ring (bicyclic) bond motifs is 2. The molecule has 3 aromatic rings. The van der Waals surface area contributed by atoms with Gasteiger partial charge in [-0.15, -0.1) is 0 Å². The molecule has 2 N–H and O–H groups in total. The van der Waals surface area contributed by atoms with Crippen LogP contribution in [0.4, 0.5) is 11.5 Å². The molecular weight excluding hydrogens is 380 g/mol. The third-order valence-corrected chi connectivity index (χ3v) is 5.44. The van der Waals surface area contributed by atoms with Gasteiger partial charge in [0.2, 0.25) is 11.8 Å². The van der Waals surface area contributed by atoms with E-state index in [1.165, 1.54) is 6.08 Å². The molecule has 2 amide bonds. The lowest BCUT2D eigenvalue weighted by atomic mass is 10.1. The van der Waals surface area contributed by atoms with Gasteiger partial charge in [-0.2, -0.15) is 0 Å². The normalized spacial score (nSPS) is 14.7. The van der Waals surface area contributed by atoms with Gasteiger partial charge in [-0.1, -0.05) is 18.2 Å². The second-order valence-corrected chi connectivity index (χ2v) is 7.44. The van der Waals surface area contributed by atoms with E-state index in [0.717, 1.165) is 33.5 Å². The number of hydrogen-bond donors (Lipinski definition) is 2. The van der Waals surface area contributed by atoms with Crippen LogP contribution in [0, 0.1) is 6.92 Å². The Kier molecular flexibility index (Phi) is 5.27. The van der Waals surface area contributed by atoms with E-state index in [1.807, 2.05) is 44.2 Å². The first-order chi connectivity index (χ1) is 14.4. The average molecular weight is 404 g/mol. The molecule has 0 spiro atoms. The highest BCUT2D eigenvalue weighted by Crippen LogP contribution is 2.31. The SMILES string of the molecule is Cc1c([C@@H](C)N(C)C(=O)C=Cc2cnc3c(c2)NCCC(=O)N3)oc2ccccc12. The first-order valence-corrected chi connectivity index (χ1v) is 9.90. The largest absolute Gasteiger partial charge is 0.459 e. The van der Waals surface area contributed by atoms with Crippen LogP contribution in [0.5, 0.6) is 0 Å². The van der Waals surface area contributed by atoms with Crippen LogP contribution in [0.3, 0.4) is 0 Å². The fourth-order valence-electron chi connectivity index (χ4n) is 3.56. The minimum absolute atomic E-state index is 0.0660. The molecule has 0 fully saturated rings. The average Bonchev–Trinajstić information content (AvgIpc) is 2.96. The number of nitrogens with one attached hydrogen (secondary N) is 2. The summed E-state index contributed by atoms with van der Waals surface area (Å²) >= 11 is 0. The van der Waals surface area contributed by atoms with Crippen molar-refractivity contribution in [2.24, 2.45) is 0 Å². The number of para-hydroxylation sites is 1. The molecule has 30 heavy (non-hydrogen) atoms. The Balaban J connectivity index is 1.50. The number of anilines is 2. The quantitative estimate of drug-likeness (QED) is 0.639. The molecule has 154 valence electrons. The van der Waals surface area contributed by atoms with E-state index in [0.29, 0.717) is 18.8 Å². The monoisotopic (exact) mass is 404 g/mol. The van der Waals surface area contributed by atoms with E-state index < -0.39 is 0 Å². The lowest BCUT2D eigenvalue weighted by Gasteiger charge is -2.22. The Hall–Kier alpha value is -3.61. The summed E-state index contributed by atoms with van der Waals surface area (Å²) in [6.45, 7) is 4.51. The van der Waals surface area contributed by atoms with Gasteiger partial charge in [-0.05, 0) is 37.6 Å². The molecule has 0 unspecified atom stereocenters. The van der Waals surface area contributed by atoms with Gasteiger partial charge in [-0.3, -0.25) is 9.59 Å². The Morgan fingerprint density at radius 3 is 2.93 bits per heavy atom. The summed E-state index contributed by atoms with van der Waals surface area (Å²) in [6, 6.07) is 9.52. The molecule has 0 saturated heterocycles. The lowest BCUT2D eigenvalue weighted by molar-refractivity contribution is -0.126. The summed E-state index contributed by atoms with van der Waals surface area (Å²) in [7, 11) is 1.76. The molecule has 1 aliphatic rings. The zero-order valence-electron chi connectivity index (χ0n) is 17.2. The molecule has 1 aliphatic heterocycles. The van der Waals surface area contributed by atoms with Gasteiger partial charge in [0.05, 0.1) is 11.7 Å². The standard InChI is InChI=1S/C23H24N4O3/c1-14-17-6-4-5-7-19(17)30-22(14)15(2)27(3)21(29)9-8-16-12-18-23(25-13-16)26-20(28)10-11-24-18/h4-9,12-13,15,24H,10-11H2,1-3H3,(H,25,26,28)/t15-/m1/s1. The number of rotatable bonds is 4. The van der Waals surface area contributed by atoms with E-state index in [9.17, 15) is 9.59 Å². The number of amides is 2. The lowest BCUT2D eigenvalue weighted by Crippen LogP contribution is -2.28. The van der Waals surface area contributed by atoms with Crippen molar-refractivity contribution in [3.05, 3.63) is 59.5 Å². The summed E-state index contributed by atoms with van der Waals surface area (Å²) < 4.78 is 6.01. The van der Waals surface area contributed by atoms with Gasteiger partial charge in [-0.25, -0.2) is 4.98 Å². The molecule has 4 rings (SSSR count). The van der Waals surface area contributed by atoms with Crippen LogP contribution in [0.15, 0.2) is 47.0 Å². The summed E-state index contributed by atoms with van der Waals surface area (Å²) in [5.41, 5.74) is 3.38. The first-order valence-electron chi connectivity index (χ1n) is 9.90. The summed E-state index contributed by atoms with van der Waals surface area (Å²) in [5, 5.41) is 7.00. The van der Waals surface area contributed by atoms with Crippen LogP contribution >= 0.6 is 0 Å². The van der Waals surface area contributed by atoms with Crippen molar-refractivity contribution in [3.8, 4) is 0 Å². The second kappa shape index (κ2) is 8.02. The zero-order chi connectivity index (χ0) is 21.3. The maximum Gasteiger partial charge on any atom is 0.246 e. The number of carbonyl (C=O) groups is 2. The summed E-state index contributed by atoms with van der Waals surface area (Å²) in [4.78, 5) is 30.3. The van der Waals surface area contributed by atoms with E-state index in [4.69, 9.17) is 4.42 Å². The van der Waals surface area contributed by atoms with Gasteiger partial charge in [0.1, 0.15) is 11.3 Å². The predicted octanol–water partition coefficient (Wildman–Crippen LogP) is 4.12. The smallest absolute Gasteiger partial charge is 0.246 e. The number of likely N-dealkylation sites (N-methyl/N-ethyl adjacent to an activating group) is 1. The third-order valence-electron chi connectivity index (χ3n) is 5.44. The number of carbonyl (C=O) groups excluding carboxylic acids is 2. The molecule has 2 aromatic heterocycles. The van der Waals surface area contributed by atoms with Crippen LogP contribution in [0.2, 0.25) is 0 Å². The van der Waals surface area contributed by atoms with Crippen LogP contribution in [0.1, 0.15) is 36.3 Å². The molecule has 1 atom stereocenters. The first kappa shape index (κ1) is 19.7. The van der Waals surface area contributed by atoms with Gasteiger partial charge >= 0.3 is 0 Å².